The number of benzene rings is 6. The predicted molar refractivity (Wildman–Crippen MR) is 387 cm³/mol. The molecular formula is C74H61N13Na2O15S2. The van der Waals surface area contributed by atoms with Gasteiger partial charge in [-0.25, -0.2) is 16.8 Å². The number of carbonyl (C=O) groups is 5. The number of aromatic nitrogens is 8. The van der Waals surface area contributed by atoms with Gasteiger partial charge in [0.15, 0.2) is 0 Å². The maximum atomic E-state index is 12.5. The van der Waals surface area contributed by atoms with Crippen LogP contribution in [0, 0.1) is 0 Å². The second kappa shape index (κ2) is 35.1. The first-order valence-electron chi connectivity index (χ1n) is 31.6. The van der Waals surface area contributed by atoms with E-state index in [1.807, 2.05) is 42.5 Å². The van der Waals surface area contributed by atoms with Crippen molar-refractivity contribution in [3.8, 4) is 22.3 Å². The van der Waals surface area contributed by atoms with Crippen molar-refractivity contribution in [1.29, 1.82) is 0 Å². The second-order valence-corrected chi connectivity index (χ2v) is 25.8. The Bertz CT molecular complexity index is 5640. The summed E-state index contributed by atoms with van der Waals surface area (Å²) in [6.07, 6.45) is 10.6. The molecule has 0 aliphatic rings. The fourth-order valence-electron chi connectivity index (χ4n) is 11.5. The number of amides is 5. The molecule has 0 spiro atoms. The summed E-state index contributed by atoms with van der Waals surface area (Å²) in [5.41, 5.74) is 10.4. The molecule has 0 aliphatic heterocycles. The summed E-state index contributed by atoms with van der Waals surface area (Å²) < 4.78 is 67.4. The van der Waals surface area contributed by atoms with Gasteiger partial charge in [0, 0.05) is 127 Å². The van der Waals surface area contributed by atoms with Gasteiger partial charge in [0.1, 0.15) is 20.2 Å². The molecule has 5 amide bonds. The van der Waals surface area contributed by atoms with E-state index in [1.54, 1.807) is 124 Å². The van der Waals surface area contributed by atoms with Gasteiger partial charge in [0.2, 0.25) is 5.91 Å². The molecule has 106 heavy (non-hydrogen) atoms. The van der Waals surface area contributed by atoms with Crippen molar-refractivity contribution < 1.29 is 129 Å². The maximum Gasteiger partial charge on any atom is 1.00 e. The normalized spacial score (nSPS) is 11.7. The zero-order chi connectivity index (χ0) is 74.0. The van der Waals surface area contributed by atoms with Crippen molar-refractivity contribution >= 4 is 143 Å². The predicted octanol–water partition coefficient (Wildman–Crippen LogP) is 1.13. The molecule has 8 aromatic heterocycles. The number of carbonyl (C=O) groups excluding carboxylic acids is 5. The van der Waals surface area contributed by atoms with Crippen molar-refractivity contribution in [2.75, 3.05) is 45.7 Å². The molecule has 6 aromatic carbocycles. The fraction of sp³-hybridized carbons (Fsp3) is 0.122. The van der Waals surface area contributed by atoms with Gasteiger partial charge in [-0.05, 0) is 107 Å². The Morgan fingerprint density at radius 1 is 0.396 bits per heavy atom. The summed E-state index contributed by atoms with van der Waals surface area (Å²) in [7, 11) is -5.91. The van der Waals surface area contributed by atoms with Gasteiger partial charge in [-0.1, -0.05) is 66.7 Å². The number of fused-ring (bicyclic) bond motifs is 12. The Kier molecular flexibility index (Phi) is 26.4. The summed E-state index contributed by atoms with van der Waals surface area (Å²) in [4.78, 5) is 94.6. The van der Waals surface area contributed by atoms with Crippen LogP contribution in [-0.2, 0) is 25.0 Å². The van der Waals surface area contributed by atoms with Crippen molar-refractivity contribution in [2.24, 2.45) is 0 Å². The number of aliphatic hydroxyl groups is 4. The number of aliphatic hydroxyl groups excluding tert-OH is 4. The number of anilines is 1. The van der Waals surface area contributed by atoms with Crippen LogP contribution in [-0.4, -0.2) is 168 Å². The molecule has 32 heteroatoms. The van der Waals surface area contributed by atoms with Crippen LogP contribution >= 0.6 is 0 Å². The van der Waals surface area contributed by atoms with Crippen LogP contribution < -0.4 is 85.7 Å². The first kappa shape index (κ1) is 79.7. The molecule has 2 atom stereocenters. The summed E-state index contributed by atoms with van der Waals surface area (Å²) >= 11 is 0. The second-order valence-electron chi connectivity index (χ2n) is 23.0. The van der Waals surface area contributed by atoms with Crippen molar-refractivity contribution in [3.63, 3.8) is 0 Å². The minimum Gasteiger partial charge on any atom is -0.744 e. The van der Waals surface area contributed by atoms with Crippen LogP contribution in [0.2, 0.25) is 0 Å². The van der Waals surface area contributed by atoms with E-state index < -0.39 is 57.5 Å². The Hall–Kier alpha value is -10.4. The number of pyridine rings is 8. The van der Waals surface area contributed by atoms with Crippen LogP contribution in [0.25, 0.3) is 109 Å². The minimum absolute atomic E-state index is 0. The van der Waals surface area contributed by atoms with Gasteiger partial charge >= 0.3 is 59.1 Å². The average Bonchev–Trinajstić information content (AvgIpc) is 0.770. The molecule has 14 rings (SSSR count). The van der Waals surface area contributed by atoms with E-state index in [4.69, 9.17) is 10.2 Å². The minimum atomic E-state index is -4.54. The summed E-state index contributed by atoms with van der Waals surface area (Å²) in [6.45, 7) is 0.359. The van der Waals surface area contributed by atoms with Gasteiger partial charge in [-0.3, -0.25) is 63.8 Å². The van der Waals surface area contributed by atoms with E-state index >= 15 is 0 Å². The number of nitrogens with one attached hydrogen (secondary N) is 5. The molecule has 0 saturated carbocycles. The molecule has 8 heterocycles. The Morgan fingerprint density at radius 2 is 0.708 bits per heavy atom. The van der Waals surface area contributed by atoms with Gasteiger partial charge in [-0.2, -0.15) is 0 Å². The van der Waals surface area contributed by atoms with Gasteiger partial charge in [-0.15, -0.1) is 0 Å². The number of nitrogens with zero attached hydrogens (tertiary/aromatic N) is 8. The third-order valence-electron chi connectivity index (χ3n) is 16.4. The number of hydrogen-bond donors (Lipinski definition) is 9. The molecule has 0 radical (unpaired) electrons. The van der Waals surface area contributed by atoms with Crippen molar-refractivity contribution in [3.05, 3.63) is 223 Å². The smallest absolute Gasteiger partial charge is 0.744 e. The largest absolute Gasteiger partial charge is 1.00 e. The van der Waals surface area contributed by atoms with E-state index in [9.17, 15) is 60.1 Å². The molecule has 0 aliphatic carbocycles. The topological polar surface area (TPSA) is 444 Å². The monoisotopic (exact) mass is 1480 g/mol. The van der Waals surface area contributed by atoms with E-state index in [1.165, 1.54) is 55.7 Å². The third kappa shape index (κ3) is 17.8. The first-order valence-corrected chi connectivity index (χ1v) is 34.4. The molecule has 0 fully saturated rings. The zero-order valence-corrected chi connectivity index (χ0v) is 62.8. The Labute approximate surface area is 648 Å². The molecule has 2 unspecified atom stereocenters. The molecule has 14 aromatic rings. The SMILES string of the molecule is CC(=O)Nc1cc2cccnc2c2ncccc12.CNC(=O)c1ccnc2c1ccc1c(C(=O)NC)ccnc12.O=C(NCC(O)CO)c1ccnc2c1ccc1c(C(=O)NCC(O)CO)ccnc12.O=S(=O)([O-])c1ccc(-c2ccnc3c2ccc2c(-c4ccc(S(=O)(=O)[O-])cc4)ccnc23)cc1.[Na+].[Na+]. The molecular weight excluding hydrogens is 1420 g/mol. The fourth-order valence-corrected chi connectivity index (χ4v) is 12.4. The Balaban J connectivity index is 0.000000167. The van der Waals surface area contributed by atoms with Gasteiger partial charge in [0.25, 0.3) is 23.6 Å². The Morgan fingerprint density at radius 3 is 1.06 bits per heavy atom. The molecule has 0 saturated heterocycles. The number of hydrogen-bond acceptors (Lipinski definition) is 23. The zero-order valence-electron chi connectivity index (χ0n) is 57.2. The van der Waals surface area contributed by atoms with Crippen LogP contribution in [0.1, 0.15) is 48.4 Å². The maximum absolute atomic E-state index is 12.5. The third-order valence-corrected chi connectivity index (χ3v) is 18.1. The van der Waals surface area contributed by atoms with Crippen LogP contribution in [0.5, 0.6) is 0 Å². The summed E-state index contributed by atoms with van der Waals surface area (Å²) in [5, 5.41) is 55.6. The average molecular weight is 1480 g/mol. The summed E-state index contributed by atoms with van der Waals surface area (Å²) in [5.74, 6) is -1.35. The molecule has 526 valence electrons. The molecule has 0 bridgehead atoms. The van der Waals surface area contributed by atoms with Gasteiger partial charge in [0.05, 0.1) is 107 Å². The van der Waals surface area contributed by atoms with E-state index in [0.717, 1.165) is 49.4 Å². The van der Waals surface area contributed by atoms with Gasteiger partial charge < -0.3 is 56.1 Å². The summed E-state index contributed by atoms with van der Waals surface area (Å²) in [6, 6.07) is 41.5. The van der Waals surface area contributed by atoms with Crippen molar-refractivity contribution in [2.45, 2.75) is 28.9 Å². The molecule has 28 nitrogen and oxygen atoms in total. The van der Waals surface area contributed by atoms with Crippen LogP contribution in [0.3, 0.4) is 0 Å². The first-order chi connectivity index (χ1) is 50.0. The quantitative estimate of drug-likeness (QED) is 0.0394. The van der Waals surface area contributed by atoms with Crippen molar-refractivity contribution in [1.82, 2.24) is 61.1 Å². The van der Waals surface area contributed by atoms with E-state index in [2.05, 4.69) is 66.5 Å². The van der Waals surface area contributed by atoms with Crippen LogP contribution in [0.4, 0.5) is 5.69 Å². The van der Waals surface area contributed by atoms with Crippen LogP contribution in [0.15, 0.2) is 211 Å². The van der Waals surface area contributed by atoms with E-state index in [-0.39, 0.29) is 99.7 Å². The van der Waals surface area contributed by atoms with E-state index in [0.29, 0.717) is 88.0 Å². The number of rotatable bonds is 15. The molecule has 9 N–H and O–H groups in total. The standard InChI is InChI=1S/C24H16N2O6S2.C20H22N4O6.C16H14N4O2.C14H11N3O.2Na/c27-33(28,29)17-5-1-15(2-6-17)19-11-13-25-23-21(19)9-10-22-20(12-14-26-24(22)23)16-3-7-18(8-4-16)34(30,31)32;25-9-11(27)7-23-19(29)15-3-5-21-17-13(15)1-2-14-16(4-6-22-18(14)17)20(30)24-8-12(28)10-26;1-17-15(21)11-5-7-19-13-9(11)3-4-10-12(16(22)18-2)6-8-20-14(10)13;1-9(18)17-12-8-10-4-2-6-15-13(10)14-11(12)5-3-7-16-14;;/h1-14H,(H,27,28,29)(H,30,31,32);1-6,11-12,25-28H,7-10H2,(H,23,29)(H,24,30);3-8H,1-2H3,(H,17,21)(H,18,22);2-8H,1H3,(H,17,18);;/q;;;;2*+1/p-2.